The minimum absolute atomic E-state index is 0.362. The first kappa shape index (κ1) is 24.9. The third-order valence-electron chi connectivity index (χ3n) is 5.09. The Morgan fingerprint density at radius 3 is 1.12 bits per heavy atom. The summed E-state index contributed by atoms with van der Waals surface area (Å²) < 4.78 is 5.76. The van der Waals surface area contributed by atoms with Gasteiger partial charge in [-0.1, -0.05) is 110 Å². The zero-order valence-electron chi connectivity index (χ0n) is 17.4. The Kier molecular flexibility index (Phi) is 23.8. The van der Waals surface area contributed by atoms with Crippen molar-refractivity contribution in [3.05, 3.63) is 0 Å². The molecular weight excluding hydrogens is 308 g/mol. The van der Waals surface area contributed by atoms with Crippen molar-refractivity contribution < 1.29 is 9.84 Å². The maximum absolute atomic E-state index is 8.71. The van der Waals surface area contributed by atoms with Gasteiger partial charge in [-0.15, -0.1) is 0 Å². The highest BCUT2D eigenvalue weighted by atomic mass is 16.5. The van der Waals surface area contributed by atoms with E-state index in [1.54, 1.807) is 0 Å². The zero-order valence-corrected chi connectivity index (χ0v) is 17.4. The topological polar surface area (TPSA) is 29.5 Å². The minimum Gasteiger partial charge on any atom is -0.396 e. The molecule has 0 aromatic rings. The van der Waals surface area contributed by atoms with E-state index in [-0.39, 0.29) is 0 Å². The van der Waals surface area contributed by atoms with Crippen LogP contribution >= 0.6 is 0 Å². The van der Waals surface area contributed by atoms with Crippen LogP contribution in [0.1, 0.15) is 129 Å². The summed E-state index contributed by atoms with van der Waals surface area (Å²) in [7, 11) is 0. The van der Waals surface area contributed by atoms with Gasteiger partial charge in [0.15, 0.2) is 0 Å². The fourth-order valence-electron chi connectivity index (χ4n) is 3.35. The molecule has 0 atom stereocenters. The Hall–Kier alpha value is -0.0800. The van der Waals surface area contributed by atoms with Gasteiger partial charge in [0, 0.05) is 19.8 Å². The number of unbranched alkanes of at least 4 members (excludes halogenated alkanes) is 17. The maximum Gasteiger partial charge on any atom is 0.0466 e. The predicted octanol–water partition coefficient (Wildman–Crippen LogP) is 7.43. The molecule has 1 N–H and O–H groups in total. The number of rotatable bonds is 22. The van der Waals surface area contributed by atoms with Gasteiger partial charge in [-0.3, -0.25) is 0 Å². The van der Waals surface area contributed by atoms with E-state index in [0.29, 0.717) is 6.61 Å². The standard InChI is InChI=1S/C23H48O2/c1-2-3-4-5-6-10-13-16-19-22-25-23-20-17-14-11-8-7-9-12-15-18-21-24/h24H,2-23H2,1H3. The lowest BCUT2D eigenvalue weighted by Gasteiger charge is -2.05. The van der Waals surface area contributed by atoms with Crippen LogP contribution < -0.4 is 0 Å². The summed E-state index contributed by atoms with van der Waals surface area (Å²) in [6, 6.07) is 0. The van der Waals surface area contributed by atoms with Crippen molar-refractivity contribution in [1.82, 2.24) is 0 Å². The Balaban J connectivity index is 2.94. The molecule has 0 radical (unpaired) electrons. The number of ether oxygens (including phenoxy) is 1. The normalized spacial score (nSPS) is 11.3. The molecule has 2 heteroatoms. The summed E-state index contributed by atoms with van der Waals surface area (Å²) in [6.07, 6.45) is 25.4. The van der Waals surface area contributed by atoms with E-state index >= 15 is 0 Å². The summed E-state index contributed by atoms with van der Waals surface area (Å²) in [6.45, 7) is 4.59. The molecule has 152 valence electrons. The second-order valence-electron chi connectivity index (χ2n) is 7.70. The van der Waals surface area contributed by atoms with Gasteiger partial charge in [0.05, 0.1) is 0 Å². The maximum atomic E-state index is 8.71. The predicted molar refractivity (Wildman–Crippen MR) is 111 cm³/mol. The highest BCUT2D eigenvalue weighted by Gasteiger charge is 1.95. The Labute approximate surface area is 159 Å². The molecule has 0 heterocycles. The summed E-state index contributed by atoms with van der Waals surface area (Å²) in [5.41, 5.74) is 0. The third kappa shape index (κ3) is 23.9. The molecule has 0 aromatic heterocycles. The first-order chi connectivity index (χ1) is 12.4. The second kappa shape index (κ2) is 23.9. The molecule has 0 aliphatic carbocycles. The van der Waals surface area contributed by atoms with Gasteiger partial charge in [-0.05, 0) is 19.3 Å². The van der Waals surface area contributed by atoms with Crippen molar-refractivity contribution in [2.24, 2.45) is 0 Å². The first-order valence-electron chi connectivity index (χ1n) is 11.6. The van der Waals surface area contributed by atoms with Crippen LogP contribution in [0.5, 0.6) is 0 Å². The Morgan fingerprint density at radius 1 is 0.440 bits per heavy atom. The Bertz CT molecular complexity index is 196. The minimum atomic E-state index is 0.362. The van der Waals surface area contributed by atoms with E-state index in [0.717, 1.165) is 19.6 Å². The molecule has 0 fully saturated rings. The highest BCUT2D eigenvalue weighted by Crippen LogP contribution is 2.11. The molecule has 0 saturated carbocycles. The number of aliphatic hydroxyl groups is 1. The van der Waals surface area contributed by atoms with Crippen LogP contribution in [-0.4, -0.2) is 24.9 Å². The summed E-state index contributed by atoms with van der Waals surface area (Å²) in [4.78, 5) is 0. The molecule has 0 rings (SSSR count). The van der Waals surface area contributed by atoms with Crippen LogP contribution in [0.4, 0.5) is 0 Å². The van der Waals surface area contributed by atoms with Gasteiger partial charge < -0.3 is 9.84 Å². The fourth-order valence-corrected chi connectivity index (χ4v) is 3.35. The lowest BCUT2D eigenvalue weighted by Crippen LogP contribution is -1.97. The molecule has 0 aromatic carbocycles. The molecule has 0 saturated heterocycles. The molecule has 0 bridgehead atoms. The quantitative estimate of drug-likeness (QED) is 0.204. The largest absolute Gasteiger partial charge is 0.396 e. The molecular formula is C23H48O2. The van der Waals surface area contributed by atoms with E-state index < -0.39 is 0 Å². The lowest BCUT2D eigenvalue weighted by molar-refractivity contribution is 0.125. The van der Waals surface area contributed by atoms with Gasteiger partial charge in [0.2, 0.25) is 0 Å². The van der Waals surface area contributed by atoms with Crippen LogP contribution in [-0.2, 0) is 4.74 Å². The number of aliphatic hydroxyl groups excluding tert-OH is 1. The van der Waals surface area contributed by atoms with Crippen LogP contribution in [0.3, 0.4) is 0 Å². The van der Waals surface area contributed by atoms with E-state index in [2.05, 4.69) is 6.92 Å². The van der Waals surface area contributed by atoms with Crippen LogP contribution in [0.2, 0.25) is 0 Å². The molecule has 0 unspecified atom stereocenters. The van der Waals surface area contributed by atoms with Crippen LogP contribution in [0.25, 0.3) is 0 Å². The number of hydrogen-bond acceptors (Lipinski definition) is 2. The van der Waals surface area contributed by atoms with Crippen molar-refractivity contribution in [3.8, 4) is 0 Å². The van der Waals surface area contributed by atoms with Gasteiger partial charge in [0.1, 0.15) is 0 Å². The SMILES string of the molecule is CCCCCCCCCCCOCCCCCCCCCCCCO. The van der Waals surface area contributed by atoms with Crippen molar-refractivity contribution in [2.45, 2.75) is 129 Å². The first-order valence-corrected chi connectivity index (χ1v) is 11.6. The van der Waals surface area contributed by atoms with E-state index in [1.807, 2.05) is 0 Å². The van der Waals surface area contributed by atoms with Gasteiger partial charge in [0.25, 0.3) is 0 Å². The monoisotopic (exact) mass is 356 g/mol. The zero-order chi connectivity index (χ0) is 18.3. The average molecular weight is 357 g/mol. The van der Waals surface area contributed by atoms with Crippen molar-refractivity contribution in [1.29, 1.82) is 0 Å². The molecule has 25 heavy (non-hydrogen) atoms. The molecule has 0 aliphatic rings. The molecule has 2 nitrogen and oxygen atoms in total. The van der Waals surface area contributed by atoms with Crippen molar-refractivity contribution in [2.75, 3.05) is 19.8 Å². The van der Waals surface area contributed by atoms with Crippen molar-refractivity contribution >= 4 is 0 Å². The van der Waals surface area contributed by atoms with Gasteiger partial charge >= 0.3 is 0 Å². The van der Waals surface area contributed by atoms with Crippen molar-refractivity contribution in [3.63, 3.8) is 0 Å². The molecule has 0 aliphatic heterocycles. The molecule has 0 amide bonds. The molecule has 0 spiro atoms. The third-order valence-corrected chi connectivity index (χ3v) is 5.09. The lowest BCUT2D eigenvalue weighted by atomic mass is 10.1. The highest BCUT2D eigenvalue weighted by molar-refractivity contribution is 4.49. The van der Waals surface area contributed by atoms with Crippen LogP contribution in [0, 0.1) is 0 Å². The summed E-state index contributed by atoms with van der Waals surface area (Å²) >= 11 is 0. The average Bonchev–Trinajstić information content (AvgIpc) is 2.63. The number of hydrogen-bond donors (Lipinski definition) is 1. The van der Waals surface area contributed by atoms with Crippen LogP contribution in [0.15, 0.2) is 0 Å². The van der Waals surface area contributed by atoms with E-state index in [1.165, 1.54) is 116 Å². The fraction of sp³-hybridized carbons (Fsp3) is 1.00. The van der Waals surface area contributed by atoms with E-state index in [9.17, 15) is 0 Å². The van der Waals surface area contributed by atoms with Gasteiger partial charge in [-0.2, -0.15) is 0 Å². The second-order valence-corrected chi connectivity index (χ2v) is 7.70. The Morgan fingerprint density at radius 2 is 0.760 bits per heavy atom. The summed E-state index contributed by atoms with van der Waals surface area (Å²) in [5.74, 6) is 0. The van der Waals surface area contributed by atoms with E-state index in [4.69, 9.17) is 9.84 Å². The smallest absolute Gasteiger partial charge is 0.0466 e. The summed E-state index contributed by atoms with van der Waals surface area (Å²) in [5, 5.41) is 8.71. The van der Waals surface area contributed by atoms with Gasteiger partial charge in [-0.25, -0.2) is 0 Å².